The fraction of sp³-hybridized carbons (Fsp3) is 0.750. The lowest BCUT2D eigenvalue weighted by atomic mass is 9.93. The third-order valence-electron chi connectivity index (χ3n) is 3.03. The van der Waals surface area contributed by atoms with Crippen molar-refractivity contribution in [2.75, 3.05) is 13.1 Å². The van der Waals surface area contributed by atoms with E-state index in [9.17, 15) is 22.8 Å². The van der Waals surface area contributed by atoms with Crippen molar-refractivity contribution in [3.8, 4) is 0 Å². The number of nitrogens with zero attached hydrogens (tertiary/aromatic N) is 1. The summed E-state index contributed by atoms with van der Waals surface area (Å²) in [5.41, 5.74) is -0.563. The lowest BCUT2D eigenvalue weighted by Gasteiger charge is -2.40. The predicted molar refractivity (Wildman–Crippen MR) is 40.8 cm³/mol. The van der Waals surface area contributed by atoms with Crippen molar-refractivity contribution in [1.29, 1.82) is 0 Å². The van der Waals surface area contributed by atoms with E-state index in [0.717, 1.165) is 0 Å². The first-order chi connectivity index (χ1) is 6.76. The molecule has 1 N–H and O–H groups in total. The number of alkyl halides is 3. The number of hydrogen-bond donors (Lipinski definition) is 1. The van der Waals surface area contributed by atoms with Crippen molar-refractivity contribution in [2.45, 2.75) is 12.6 Å². The first-order valence-corrected chi connectivity index (χ1v) is 4.35. The summed E-state index contributed by atoms with van der Waals surface area (Å²) in [5.74, 6) is -3.44. The van der Waals surface area contributed by atoms with E-state index in [0.29, 0.717) is 11.3 Å². The molecule has 84 valence electrons. The fourth-order valence-electron chi connectivity index (χ4n) is 2.08. The van der Waals surface area contributed by atoms with Crippen LogP contribution in [-0.2, 0) is 9.59 Å². The molecule has 1 unspecified atom stereocenters. The summed E-state index contributed by atoms with van der Waals surface area (Å²) in [4.78, 5) is 21.9. The second-order valence-corrected chi connectivity index (χ2v) is 4.12. The summed E-state index contributed by atoms with van der Waals surface area (Å²) < 4.78 is 35.8. The van der Waals surface area contributed by atoms with Gasteiger partial charge in [0.25, 0.3) is 0 Å². The second-order valence-electron chi connectivity index (χ2n) is 4.12. The van der Waals surface area contributed by atoms with Gasteiger partial charge in [-0.2, -0.15) is 13.2 Å². The number of likely N-dealkylation sites (tertiary alicyclic amines) is 1. The Labute approximate surface area is 82.7 Å². The number of carboxylic acid groups (broad SMARTS) is 1. The molecule has 1 amide bonds. The molecule has 7 heteroatoms. The third-order valence-corrected chi connectivity index (χ3v) is 3.03. The van der Waals surface area contributed by atoms with E-state index < -0.39 is 29.4 Å². The molecule has 1 spiro atoms. The summed E-state index contributed by atoms with van der Waals surface area (Å²) in [6.07, 6.45) is -4.47. The Morgan fingerprint density at radius 1 is 1.33 bits per heavy atom. The predicted octanol–water partition coefficient (Wildman–Crippen LogP) is 0.482. The first kappa shape index (κ1) is 10.3. The largest absolute Gasteiger partial charge is 0.481 e. The number of halogens is 3. The maximum atomic E-state index is 11.9. The molecule has 4 nitrogen and oxygen atoms in total. The lowest BCUT2D eigenvalue weighted by Crippen LogP contribution is -2.56. The summed E-state index contributed by atoms with van der Waals surface area (Å²) in [6.45, 7) is -0.162. The van der Waals surface area contributed by atoms with Crippen molar-refractivity contribution in [2.24, 2.45) is 11.3 Å². The van der Waals surface area contributed by atoms with Gasteiger partial charge in [-0.15, -0.1) is 0 Å². The zero-order valence-corrected chi connectivity index (χ0v) is 7.54. The van der Waals surface area contributed by atoms with Gasteiger partial charge in [0.1, 0.15) is 0 Å². The monoisotopic (exact) mass is 223 g/mol. The van der Waals surface area contributed by atoms with Crippen molar-refractivity contribution in [1.82, 2.24) is 4.90 Å². The number of amides is 1. The van der Waals surface area contributed by atoms with Crippen LogP contribution in [0.2, 0.25) is 0 Å². The van der Waals surface area contributed by atoms with Crippen molar-refractivity contribution >= 4 is 11.9 Å². The van der Waals surface area contributed by atoms with Crippen molar-refractivity contribution < 1.29 is 27.9 Å². The molecule has 0 aromatic rings. The zero-order valence-electron chi connectivity index (χ0n) is 7.54. The van der Waals surface area contributed by atoms with Gasteiger partial charge in [0.05, 0.1) is 5.92 Å². The highest BCUT2D eigenvalue weighted by molar-refractivity contribution is 5.84. The van der Waals surface area contributed by atoms with E-state index in [1.54, 1.807) is 0 Å². The minimum atomic E-state index is -4.85. The summed E-state index contributed by atoms with van der Waals surface area (Å²) in [5, 5.41) is 8.61. The van der Waals surface area contributed by atoms with Crippen LogP contribution < -0.4 is 0 Å². The van der Waals surface area contributed by atoms with Gasteiger partial charge in [-0.3, -0.25) is 9.59 Å². The number of aliphatic carboxylic acids is 1. The van der Waals surface area contributed by atoms with Crippen LogP contribution in [0.3, 0.4) is 0 Å². The molecule has 1 aliphatic carbocycles. The summed E-state index contributed by atoms with van der Waals surface area (Å²) in [7, 11) is 0. The fourth-order valence-corrected chi connectivity index (χ4v) is 2.08. The van der Waals surface area contributed by atoms with Gasteiger partial charge in [-0.1, -0.05) is 0 Å². The minimum absolute atomic E-state index is 0.0810. The summed E-state index contributed by atoms with van der Waals surface area (Å²) >= 11 is 0. The smallest absolute Gasteiger partial charge is 0.471 e. The van der Waals surface area contributed by atoms with Gasteiger partial charge in [-0.25, -0.2) is 0 Å². The Bertz CT molecular complexity index is 333. The van der Waals surface area contributed by atoms with E-state index in [1.807, 2.05) is 0 Å². The molecule has 1 saturated carbocycles. The van der Waals surface area contributed by atoms with E-state index in [-0.39, 0.29) is 13.1 Å². The Hall–Kier alpha value is -1.27. The molecule has 0 bridgehead atoms. The normalized spacial score (nSPS) is 27.4. The molecule has 0 aromatic heterocycles. The highest BCUT2D eigenvalue weighted by Gasteiger charge is 2.67. The van der Waals surface area contributed by atoms with Crippen LogP contribution in [0.15, 0.2) is 0 Å². The Kier molecular flexibility index (Phi) is 1.81. The number of hydrogen-bond acceptors (Lipinski definition) is 2. The van der Waals surface area contributed by atoms with Crippen LogP contribution in [0.5, 0.6) is 0 Å². The van der Waals surface area contributed by atoms with Crippen LogP contribution in [-0.4, -0.2) is 41.1 Å². The van der Waals surface area contributed by atoms with Gasteiger partial charge < -0.3 is 10.0 Å². The Balaban J connectivity index is 1.90. The van der Waals surface area contributed by atoms with E-state index >= 15 is 0 Å². The molecule has 2 rings (SSSR count). The highest BCUT2D eigenvalue weighted by atomic mass is 19.4. The standard InChI is InChI=1S/C8H8F3NO3/c9-8(10,11)6(15)12-2-7(3-12)1-4(7)5(13)14/h4H,1-3H2,(H,13,14). The average Bonchev–Trinajstić information content (AvgIpc) is 2.72. The molecule has 1 heterocycles. The second kappa shape index (κ2) is 2.65. The average molecular weight is 223 g/mol. The van der Waals surface area contributed by atoms with Gasteiger partial charge in [0.2, 0.25) is 0 Å². The Morgan fingerprint density at radius 2 is 1.87 bits per heavy atom. The van der Waals surface area contributed by atoms with Crippen LogP contribution in [0.25, 0.3) is 0 Å². The van der Waals surface area contributed by atoms with Crippen molar-refractivity contribution in [3.05, 3.63) is 0 Å². The SMILES string of the molecule is O=C(O)C1CC12CN(C(=O)C(F)(F)F)C2. The van der Waals surface area contributed by atoms with Crippen LogP contribution >= 0.6 is 0 Å². The summed E-state index contributed by atoms with van der Waals surface area (Å²) in [6, 6.07) is 0. The quantitative estimate of drug-likeness (QED) is 0.703. The van der Waals surface area contributed by atoms with Gasteiger partial charge in [0.15, 0.2) is 0 Å². The molecule has 1 atom stereocenters. The molecule has 15 heavy (non-hydrogen) atoms. The molecular formula is C8H8F3NO3. The molecule has 1 saturated heterocycles. The molecule has 2 aliphatic rings. The van der Waals surface area contributed by atoms with Crippen LogP contribution in [0, 0.1) is 11.3 Å². The van der Waals surface area contributed by atoms with Gasteiger partial charge in [-0.05, 0) is 6.42 Å². The van der Waals surface area contributed by atoms with E-state index in [4.69, 9.17) is 5.11 Å². The molecular weight excluding hydrogens is 215 g/mol. The third kappa shape index (κ3) is 1.46. The number of rotatable bonds is 1. The van der Waals surface area contributed by atoms with Crippen molar-refractivity contribution in [3.63, 3.8) is 0 Å². The first-order valence-electron chi connectivity index (χ1n) is 4.35. The maximum Gasteiger partial charge on any atom is 0.471 e. The molecule has 0 radical (unpaired) electrons. The Morgan fingerprint density at radius 3 is 2.20 bits per heavy atom. The zero-order chi connectivity index (χ0) is 11.4. The van der Waals surface area contributed by atoms with Gasteiger partial charge >= 0.3 is 18.1 Å². The highest BCUT2D eigenvalue weighted by Crippen LogP contribution is 2.59. The molecule has 2 fully saturated rings. The number of carbonyl (C=O) groups excluding carboxylic acids is 1. The van der Waals surface area contributed by atoms with Gasteiger partial charge in [0, 0.05) is 18.5 Å². The minimum Gasteiger partial charge on any atom is -0.481 e. The van der Waals surface area contributed by atoms with Crippen LogP contribution in [0.1, 0.15) is 6.42 Å². The van der Waals surface area contributed by atoms with Crippen LogP contribution in [0.4, 0.5) is 13.2 Å². The van der Waals surface area contributed by atoms with E-state index in [1.165, 1.54) is 0 Å². The van der Waals surface area contributed by atoms with E-state index in [2.05, 4.69) is 0 Å². The topological polar surface area (TPSA) is 57.6 Å². The molecule has 0 aromatic carbocycles. The maximum absolute atomic E-state index is 11.9. The number of carbonyl (C=O) groups is 2. The number of carboxylic acids is 1. The molecule has 1 aliphatic heterocycles. The lowest BCUT2D eigenvalue weighted by molar-refractivity contribution is -0.193.